The lowest BCUT2D eigenvalue weighted by atomic mass is 10.0. The molecule has 4 rings (SSSR count). The van der Waals surface area contributed by atoms with Gasteiger partial charge in [0.25, 0.3) is 5.91 Å². The zero-order chi connectivity index (χ0) is 21.3. The van der Waals surface area contributed by atoms with Crippen LogP contribution in [0.3, 0.4) is 0 Å². The molecule has 2 aromatic heterocycles. The van der Waals surface area contributed by atoms with Crippen LogP contribution in [-0.4, -0.2) is 39.9 Å². The highest BCUT2D eigenvalue weighted by atomic mass is 32.1. The molecule has 0 saturated heterocycles. The van der Waals surface area contributed by atoms with Gasteiger partial charge in [0.1, 0.15) is 23.7 Å². The lowest BCUT2D eigenvalue weighted by molar-refractivity contribution is 0.0778. The van der Waals surface area contributed by atoms with E-state index in [0.717, 1.165) is 32.9 Å². The van der Waals surface area contributed by atoms with E-state index in [-0.39, 0.29) is 18.3 Å². The van der Waals surface area contributed by atoms with Crippen LogP contribution in [0.25, 0.3) is 22.0 Å². The zero-order valence-corrected chi connectivity index (χ0v) is 17.6. The molecule has 152 valence electrons. The number of hydrogen-bond acceptors (Lipinski definition) is 6. The summed E-state index contributed by atoms with van der Waals surface area (Å²) in [5.41, 5.74) is 3.41. The van der Waals surface area contributed by atoms with Gasteiger partial charge < -0.3 is 10.2 Å². The number of carbonyl (C=O) groups excluding carboxylic acids is 1. The van der Waals surface area contributed by atoms with Crippen LogP contribution in [0, 0.1) is 12.7 Å². The molecule has 0 saturated carbocycles. The second-order valence-corrected chi connectivity index (χ2v) is 7.99. The van der Waals surface area contributed by atoms with E-state index in [1.54, 1.807) is 31.6 Å². The number of hydrogen-bond donors (Lipinski definition) is 1. The van der Waals surface area contributed by atoms with E-state index < -0.39 is 0 Å². The van der Waals surface area contributed by atoms with Crippen LogP contribution in [0.2, 0.25) is 0 Å². The van der Waals surface area contributed by atoms with Crippen LogP contribution in [0.5, 0.6) is 0 Å². The maximum atomic E-state index is 14.5. The molecule has 0 aliphatic carbocycles. The molecule has 0 bridgehead atoms. The van der Waals surface area contributed by atoms with E-state index >= 15 is 0 Å². The van der Waals surface area contributed by atoms with E-state index in [1.165, 1.54) is 28.6 Å². The van der Waals surface area contributed by atoms with E-state index in [0.29, 0.717) is 11.3 Å². The Morgan fingerprint density at radius 3 is 2.67 bits per heavy atom. The van der Waals surface area contributed by atoms with E-state index in [4.69, 9.17) is 0 Å². The number of aromatic nitrogens is 3. The summed E-state index contributed by atoms with van der Waals surface area (Å²) in [7, 11) is 3.46. The van der Waals surface area contributed by atoms with Crippen LogP contribution in [0.1, 0.15) is 21.1 Å². The van der Waals surface area contributed by atoms with Crippen LogP contribution < -0.4 is 5.32 Å². The number of benzene rings is 2. The summed E-state index contributed by atoms with van der Waals surface area (Å²) in [5.74, 6) is 0.145. The number of thiazole rings is 1. The normalized spacial score (nSPS) is 10.9. The molecule has 0 unspecified atom stereocenters. The number of carbonyl (C=O) groups is 1. The predicted molar refractivity (Wildman–Crippen MR) is 117 cm³/mol. The lowest BCUT2D eigenvalue weighted by Gasteiger charge is -2.17. The summed E-state index contributed by atoms with van der Waals surface area (Å²) in [6.45, 7) is 1.99. The molecule has 0 atom stereocenters. The largest absolute Gasteiger partial charge is 0.373 e. The third-order valence-electron chi connectivity index (χ3n) is 4.84. The first-order valence-corrected chi connectivity index (χ1v) is 10.2. The Bertz CT molecular complexity index is 1240. The van der Waals surface area contributed by atoms with Crippen LogP contribution in [0.4, 0.5) is 10.2 Å². The molecule has 4 aromatic rings. The summed E-state index contributed by atoms with van der Waals surface area (Å²) >= 11 is 1.42. The third kappa shape index (κ3) is 3.86. The van der Waals surface area contributed by atoms with E-state index in [9.17, 15) is 9.18 Å². The Kier molecular flexibility index (Phi) is 5.41. The number of anilines is 1. The maximum Gasteiger partial charge on any atom is 0.273 e. The molecule has 8 heteroatoms. The number of halogens is 1. The molecule has 0 radical (unpaired) electrons. The second kappa shape index (κ2) is 8.16. The van der Waals surface area contributed by atoms with Gasteiger partial charge in [-0.05, 0) is 42.3 Å². The van der Waals surface area contributed by atoms with Gasteiger partial charge in [0.2, 0.25) is 0 Å². The zero-order valence-electron chi connectivity index (χ0n) is 16.8. The summed E-state index contributed by atoms with van der Waals surface area (Å²) < 4.78 is 14.5. The van der Waals surface area contributed by atoms with Gasteiger partial charge in [-0.15, -0.1) is 11.3 Å². The molecule has 6 nitrogen and oxygen atoms in total. The molecule has 0 spiro atoms. The van der Waals surface area contributed by atoms with Gasteiger partial charge in [-0.3, -0.25) is 4.79 Å². The fraction of sp³-hybridized carbons (Fsp3) is 0.182. The first-order chi connectivity index (χ1) is 14.5. The molecule has 0 aliphatic rings. The van der Waals surface area contributed by atoms with Gasteiger partial charge in [0.15, 0.2) is 0 Å². The quantitative estimate of drug-likeness (QED) is 0.513. The summed E-state index contributed by atoms with van der Waals surface area (Å²) in [4.78, 5) is 26.8. The number of aryl methyl sites for hydroxylation is 1. The summed E-state index contributed by atoms with van der Waals surface area (Å²) in [6.07, 6.45) is 1.51. The van der Waals surface area contributed by atoms with Crippen LogP contribution >= 0.6 is 11.3 Å². The highest BCUT2D eigenvalue weighted by molar-refractivity contribution is 7.09. The highest BCUT2D eigenvalue weighted by Gasteiger charge is 2.17. The minimum absolute atomic E-state index is 0.146. The van der Waals surface area contributed by atoms with E-state index in [2.05, 4.69) is 20.3 Å². The van der Waals surface area contributed by atoms with Crippen molar-refractivity contribution in [3.8, 4) is 11.1 Å². The molecule has 0 aliphatic heterocycles. The monoisotopic (exact) mass is 421 g/mol. The van der Waals surface area contributed by atoms with Gasteiger partial charge in [-0.25, -0.2) is 19.3 Å². The average Bonchev–Trinajstić information content (AvgIpc) is 3.20. The van der Waals surface area contributed by atoms with Crippen LogP contribution in [-0.2, 0) is 6.54 Å². The number of nitrogens with zero attached hydrogens (tertiary/aromatic N) is 4. The SMILES string of the molecule is CNc1ncnc2ccc(-c3ccc(F)c(CN(C)C(=O)c4csc(C)n4)c3)cc12. The Balaban J connectivity index is 1.65. The van der Waals surface area contributed by atoms with Crippen molar-refractivity contribution < 1.29 is 9.18 Å². The Morgan fingerprint density at radius 1 is 1.17 bits per heavy atom. The highest BCUT2D eigenvalue weighted by Crippen LogP contribution is 2.28. The molecule has 1 amide bonds. The topological polar surface area (TPSA) is 71.0 Å². The number of fused-ring (bicyclic) bond motifs is 1. The molecule has 1 N–H and O–H groups in total. The number of rotatable bonds is 5. The van der Waals surface area contributed by atoms with Crippen molar-refractivity contribution in [2.75, 3.05) is 19.4 Å². The lowest BCUT2D eigenvalue weighted by Crippen LogP contribution is -2.27. The fourth-order valence-corrected chi connectivity index (χ4v) is 3.88. The van der Waals surface area contributed by atoms with Crippen molar-refractivity contribution >= 4 is 34.0 Å². The average molecular weight is 422 g/mol. The van der Waals surface area contributed by atoms with E-state index in [1.807, 2.05) is 25.1 Å². The van der Waals surface area contributed by atoms with Crippen molar-refractivity contribution in [1.29, 1.82) is 0 Å². The Labute approximate surface area is 177 Å². The molecule has 30 heavy (non-hydrogen) atoms. The standard InChI is InChI=1S/C22H20FN5OS/c1-13-27-20(11-30-13)22(29)28(3)10-16-8-14(4-6-18(16)23)15-5-7-19-17(9-15)21(24-2)26-12-25-19/h4-9,11-12H,10H2,1-3H3,(H,24,25,26). The van der Waals surface area contributed by atoms with Crippen molar-refractivity contribution in [1.82, 2.24) is 19.9 Å². The fourth-order valence-electron chi connectivity index (χ4n) is 3.30. The molecule has 2 aromatic carbocycles. The van der Waals surface area contributed by atoms with Crippen molar-refractivity contribution in [3.63, 3.8) is 0 Å². The minimum Gasteiger partial charge on any atom is -0.373 e. The summed E-state index contributed by atoms with van der Waals surface area (Å²) in [5, 5.41) is 6.49. The van der Waals surface area contributed by atoms with Gasteiger partial charge in [0.05, 0.1) is 10.5 Å². The van der Waals surface area contributed by atoms with Crippen molar-refractivity contribution in [3.05, 3.63) is 70.2 Å². The van der Waals surface area contributed by atoms with Gasteiger partial charge in [-0.2, -0.15) is 0 Å². The Morgan fingerprint density at radius 2 is 1.93 bits per heavy atom. The molecular formula is C22H20FN5OS. The first kappa shape index (κ1) is 19.9. The third-order valence-corrected chi connectivity index (χ3v) is 5.62. The minimum atomic E-state index is -0.354. The second-order valence-electron chi connectivity index (χ2n) is 6.92. The van der Waals surface area contributed by atoms with Gasteiger partial charge >= 0.3 is 0 Å². The number of amides is 1. The Hall–Kier alpha value is -3.39. The molecule has 0 fully saturated rings. The summed E-state index contributed by atoms with van der Waals surface area (Å²) in [6, 6.07) is 10.8. The predicted octanol–water partition coefficient (Wildman–Crippen LogP) is 4.51. The molecule has 2 heterocycles. The first-order valence-electron chi connectivity index (χ1n) is 9.35. The van der Waals surface area contributed by atoms with Gasteiger partial charge in [-0.1, -0.05) is 12.1 Å². The smallest absolute Gasteiger partial charge is 0.273 e. The van der Waals surface area contributed by atoms with Crippen molar-refractivity contribution in [2.45, 2.75) is 13.5 Å². The van der Waals surface area contributed by atoms with Gasteiger partial charge in [0, 0.05) is 37.0 Å². The van der Waals surface area contributed by atoms with Crippen LogP contribution in [0.15, 0.2) is 48.1 Å². The van der Waals surface area contributed by atoms with Crippen molar-refractivity contribution in [2.24, 2.45) is 0 Å². The maximum absolute atomic E-state index is 14.5. The number of nitrogens with one attached hydrogen (secondary N) is 1. The molecular weight excluding hydrogens is 401 g/mol.